The maximum atomic E-state index is 12.3. The van der Waals surface area contributed by atoms with E-state index in [0.29, 0.717) is 30.2 Å². The third-order valence-corrected chi connectivity index (χ3v) is 3.99. The maximum Gasteiger partial charge on any atom is 0.262 e. The van der Waals surface area contributed by atoms with E-state index in [2.05, 4.69) is 10.6 Å². The fraction of sp³-hybridized carbons (Fsp3) is 0.333. The molecule has 0 heterocycles. The first kappa shape index (κ1) is 20.5. The van der Waals surface area contributed by atoms with Gasteiger partial charge in [-0.05, 0) is 44.0 Å². The molecule has 2 amide bonds. The summed E-state index contributed by atoms with van der Waals surface area (Å²) in [5.74, 6) is 0.113. The zero-order chi connectivity index (χ0) is 19.8. The minimum Gasteiger partial charge on any atom is -0.483 e. The highest BCUT2D eigenvalue weighted by atomic mass is 16.5. The number of para-hydroxylation sites is 1. The number of amides is 2. The van der Waals surface area contributed by atoms with Crippen LogP contribution in [0.5, 0.6) is 5.75 Å². The Balaban J connectivity index is 2.01. The van der Waals surface area contributed by atoms with E-state index >= 15 is 0 Å². The molecule has 2 N–H and O–H groups in total. The lowest BCUT2D eigenvalue weighted by Gasteiger charge is -2.14. The monoisotopic (exact) mass is 370 g/mol. The van der Waals surface area contributed by atoms with E-state index < -0.39 is 0 Å². The van der Waals surface area contributed by atoms with Gasteiger partial charge in [-0.1, -0.05) is 29.8 Å². The molecule has 0 atom stereocenters. The van der Waals surface area contributed by atoms with E-state index in [9.17, 15) is 9.59 Å². The third kappa shape index (κ3) is 5.82. The van der Waals surface area contributed by atoms with Crippen LogP contribution in [-0.2, 0) is 9.53 Å². The lowest BCUT2D eigenvalue weighted by atomic mass is 10.1. The van der Waals surface area contributed by atoms with Crippen molar-refractivity contribution in [1.82, 2.24) is 5.32 Å². The summed E-state index contributed by atoms with van der Waals surface area (Å²) < 4.78 is 10.6. The van der Waals surface area contributed by atoms with Crippen LogP contribution in [0.2, 0.25) is 0 Å². The van der Waals surface area contributed by atoms with Gasteiger partial charge in [-0.3, -0.25) is 9.59 Å². The number of ether oxygens (including phenoxy) is 2. The molecule has 0 unspecified atom stereocenters. The van der Waals surface area contributed by atoms with Gasteiger partial charge in [0.25, 0.3) is 11.8 Å². The number of carbonyl (C=O) groups is 2. The van der Waals surface area contributed by atoms with Crippen LogP contribution in [0.1, 0.15) is 27.0 Å². The Morgan fingerprint density at radius 2 is 1.70 bits per heavy atom. The lowest BCUT2D eigenvalue weighted by molar-refractivity contribution is -0.118. The van der Waals surface area contributed by atoms with Crippen LogP contribution in [-0.4, -0.2) is 38.7 Å². The van der Waals surface area contributed by atoms with Crippen LogP contribution in [0.3, 0.4) is 0 Å². The van der Waals surface area contributed by atoms with Crippen LogP contribution in [0.25, 0.3) is 0 Å². The van der Waals surface area contributed by atoms with Crippen molar-refractivity contribution in [2.24, 2.45) is 0 Å². The molecule has 2 aromatic carbocycles. The molecule has 6 nitrogen and oxygen atoms in total. The van der Waals surface area contributed by atoms with E-state index in [1.807, 2.05) is 32.9 Å². The summed E-state index contributed by atoms with van der Waals surface area (Å²) >= 11 is 0. The average Bonchev–Trinajstić information content (AvgIpc) is 2.61. The molecule has 27 heavy (non-hydrogen) atoms. The van der Waals surface area contributed by atoms with Gasteiger partial charge in [0.1, 0.15) is 5.75 Å². The van der Waals surface area contributed by atoms with Gasteiger partial charge in [0.05, 0.1) is 17.9 Å². The molecule has 2 rings (SSSR count). The van der Waals surface area contributed by atoms with Crippen LogP contribution in [0.4, 0.5) is 5.69 Å². The standard InChI is InChI=1S/C21H26N2O4/c1-14-11-15(2)20(16(3)12-14)27-13-19(24)23-18-8-6-5-7-17(18)21(25)22-9-10-26-4/h5-8,11-12H,9-10,13H2,1-4H3,(H,22,25)(H,23,24). The summed E-state index contributed by atoms with van der Waals surface area (Å²) in [5.41, 5.74) is 3.95. The molecule has 0 aliphatic heterocycles. The number of anilines is 1. The molecular formula is C21H26N2O4. The fourth-order valence-corrected chi connectivity index (χ4v) is 2.87. The first-order valence-corrected chi connectivity index (χ1v) is 8.79. The summed E-state index contributed by atoms with van der Waals surface area (Å²) in [6, 6.07) is 10.9. The number of nitrogens with one attached hydrogen (secondary N) is 2. The second-order valence-electron chi connectivity index (χ2n) is 6.36. The van der Waals surface area contributed by atoms with Gasteiger partial charge < -0.3 is 20.1 Å². The molecule has 0 spiro atoms. The highest BCUT2D eigenvalue weighted by Gasteiger charge is 2.14. The van der Waals surface area contributed by atoms with E-state index in [0.717, 1.165) is 16.7 Å². The Morgan fingerprint density at radius 3 is 2.37 bits per heavy atom. The van der Waals surface area contributed by atoms with Gasteiger partial charge in [0, 0.05) is 13.7 Å². The summed E-state index contributed by atoms with van der Waals surface area (Å²) in [6.45, 7) is 6.60. The highest BCUT2D eigenvalue weighted by Crippen LogP contribution is 2.24. The van der Waals surface area contributed by atoms with E-state index in [1.165, 1.54) is 0 Å². The summed E-state index contributed by atoms with van der Waals surface area (Å²) in [4.78, 5) is 24.6. The van der Waals surface area contributed by atoms with Crippen LogP contribution in [0, 0.1) is 20.8 Å². The molecule has 0 aliphatic rings. The zero-order valence-corrected chi connectivity index (χ0v) is 16.2. The number of benzene rings is 2. The summed E-state index contributed by atoms with van der Waals surface area (Å²) in [7, 11) is 1.57. The van der Waals surface area contributed by atoms with Gasteiger partial charge in [-0.25, -0.2) is 0 Å². The zero-order valence-electron chi connectivity index (χ0n) is 16.2. The summed E-state index contributed by atoms with van der Waals surface area (Å²) in [6.07, 6.45) is 0. The second-order valence-corrected chi connectivity index (χ2v) is 6.36. The topological polar surface area (TPSA) is 76.7 Å². The van der Waals surface area contributed by atoms with E-state index in [-0.39, 0.29) is 18.4 Å². The molecule has 2 aromatic rings. The maximum absolute atomic E-state index is 12.3. The molecule has 144 valence electrons. The van der Waals surface area contributed by atoms with Gasteiger partial charge in [-0.15, -0.1) is 0 Å². The Kier molecular flexibility index (Phi) is 7.37. The highest BCUT2D eigenvalue weighted by molar-refractivity contribution is 6.04. The van der Waals surface area contributed by atoms with E-state index in [4.69, 9.17) is 9.47 Å². The summed E-state index contributed by atoms with van der Waals surface area (Å²) in [5, 5.41) is 5.49. The first-order valence-electron chi connectivity index (χ1n) is 8.79. The number of aryl methyl sites for hydroxylation is 3. The Hall–Kier alpha value is -2.86. The second kappa shape index (κ2) is 9.73. The van der Waals surface area contributed by atoms with Crippen molar-refractivity contribution >= 4 is 17.5 Å². The molecule has 0 aromatic heterocycles. The number of methoxy groups -OCH3 is 1. The van der Waals surface area contributed by atoms with Crippen LogP contribution >= 0.6 is 0 Å². The predicted molar refractivity (Wildman–Crippen MR) is 105 cm³/mol. The number of hydrogen-bond donors (Lipinski definition) is 2. The molecule has 0 bridgehead atoms. The number of carbonyl (C=O) groups excluding carboxylic acids is 2. The molecule has 0 radical (unpaired) electrons. The molecule has 0 aliphatic carbocycles. The van der Waals surface area contributed by atoms with Crippen LogP contribution in [0.15, 0.2) is 36.4 Å². The van der Waals surface area contributed by atoms with Gasteiger partial charge in [0.2, 0.25) is 0 Å². The van der Waals surface area contributed by atoms with Gasteiger partial charge in [0.15, 0.2) is 6.61 Å². The number of hydrogen-bond acceptors (Lipinski definition) is 4. The fourth-order valence-electron chi connectivity index (χ4n) is 2.87. The van der Waals surface area contributed by atoms with Crippen molar-refractivity contribution in [3.8, 4) is 5.75 Å². The molecular weight excluding hydrogens is 344 g/mol. The van der Waals surface area contributed by atoms with Crippen molar-refractivity contribution in [2.45, 2.75) is 20.8 Å². The van der Waals surface area contributed by atoms with E-state index in [1.54, 1.807) is 31.4 Å². The largest absolute Gasteiger partial charge is 0.483 e. The normalized spacial score (nSPS) is 10.4. The minimum atomic E-state index is -0.327. The van der Waals surface area contributed by atoms with Gasteiger partial charge in [-0.2, -0.15) is 0 Å². The SMILES string of the molecule is COCCNC(=O)c1ccccc1NC(=O)COc1c(C)cc(C)cc1C. The van der Waals surface area contributed by atoms with Crippen molar-refractivity contribution in [3.05, 3.63) is 58.7 Å². The first-order chi connectivity index (χ1) is 12.9. The van der Waals surface area contributed by atoms with Crippen molar-refractivity contribution in [2.75, 3.05) is 32.2 Å². The Morgan fingerprint density at radius 1 is 1.04 bits per heavy atom. The van der Waals surface area contributed by atoms with Crippen molar-refractivity contribution in [3.63, 3.8) is 0 Å². The molecule has 6 heteroatoms. The Bertz CT molecular complexity index is 795. The molecule has 0 saturated carbocycles. The quantitative estimate of drug-likeness (QED) is 0.701. The van der Waals surface area contributed by atoms with Crippen LogP contribution < -0.4 is 15.4 Å². The number of rotatable bonds is 8. The Labute approximate surface area is 159 Å². The average molecular weight is 370 g/mol. The third-order valence-electron chi connectivity index (χ3n) is 3.99. The molecule has 0 saturated heterocycles. The lowest BCUT2D eigenvalue weighted by Crippen LogP contribution is -2.29. The van der Waals surface area contributed by atoms with Crippen molar-refractivity contribution < 1.29 is 19.1 Å². The predicted octanol–water partition coefficient (Wildman–Crippen LogP) is 3.01. The smallest absolute Gasteiger partial charge is 0.262 e. The molecule has 0 fully saturated rings. The minimum absolute atomic E-state index is 0.135. The van der Waals surface area contributed by atoms with Crippen molar-refractivity contribution in [1.29, 1.82) is 0 Å². The van der Waals surface area contributed by atoms with Gasteiger partial charge >= 0.3 is 0 Å².